The molecule has 0 bridgehead atoms. The summed E-state index contributed by atoms with van der Waals surface area (Å²) in [5.74, 6) is -1.66. The number of amides is 2. The number of benzene rings is 4. The number of nitrogens with zero attached hydrogens (tertiary/aromatic N) is 1. The minimum Gasteiger partial charge on any atom is -0.481 e. The van der Waals surface area contributed by atoms with Crippen LogP contribution in [0.5, 0.6) is 0 Å². The molecular weight excluding hydrogens is 614 g/mol. The third-order valence-electron chi connectivity index (χ3n) is 8.21. The number of rotatable bonds is 13. The van der Waals surface area contributed by atoms with Crippen LogP contribution in [-0.4, -0.2) is 38.9 Å². The number of carbonyl (C=O) groups excluding carboxylic acids is 2. The van der Waals surface area contributed by atoms with Crippen LogP contribution in [0.3, 0.4) is 0 Å². The Morgan fingerprint density at radius 3 is 1.82 bits per heavy atom. The van der Waals surface area contributed by atoms with Crippen molar-refractivity contribution in [2.45, 2.75) is 37.4 Å². The van der Waals surface area contributed by atoms with Gasteiger partial charge in [-0.25, -0.2) is 0 Å². The highest BCUT2D eigenvalue weighted by atomic mass is 16.4. The van der Waals surface area contributed by atoms with Gasteiger partial charge in [-0.2, -0.15) is 0 Å². The molecular formula is C40H39N5O4. The zero-order chi connectivity index (χ0) is 34.5. The number of aromatic amines is 1. The summed E-state index contributed by atoms with van der Waals surface area (Å²) in [6, 6.07) is 42.5. The van der Waals surface area contributed by atoms with Gasteiger partial charge < -0.3 is 21.1 Å². The number of hydrogen-bond donors (Lipinski definition) is 5. The molecule has 1 unspecified atom stereocenters. The van der Waals surface area contributed by atoms with Crippen LogP contribution in [0.1, 0.15) is 40.8 Å². The molecule has 9 heteroatoms. The summed E-state index contributed by atoms with van der Waals surface area (Å²) in [7, 11) is 0. The maximum Gasteiger partial charge on any atom is 0.303 e. The number of primary amides is 1. The van der Waals surface area contributed by atoms with E-state index in [-0.39, 0.29) is 24.7 Å². The van der Waals surface area contributed by atoms with Gasteiger partial charge in [-0.05, 0) is 46.9 Å². The summed E-state index contributed by atoms with van der Waals surface area (Å²) in [6.07, 6.45) is 3.93. The lowest BCUT2D eigenvalue weighted by atomic mass is 9.77. The lowest BCUT2D eigenvalue weighted by molar-refractivity contribution is -0.139. The Labute approximate surface area is 285 Å². The highest BCUT2D eigenvalue weighted by molar-refractivity contribution is 5.85. The number of aromatic nitrogens is 2. The van der Waals surface area contributed by atoms with E-state index in [9.17, 15) is 14.4 Å². The monoisotopic (exact) mass is 653 g/mol. The Morgan fingerprint density at radius 2 is 1.29 bits per heavy atom. The number of aliphatic carboxylic acids is 1. The van der Waals surface area contributed by atoms with Crippen LogP contribution in [0.2, 0.25) is 0 Å². The predicted molar refractivity (Wildman–Crippen MR) is 190 cm³/mol. The summed E-state index contributed by atoms with van der Waals surface area (Å²) in [5.41, 5.74) is 10.4. The molecule has 1 atom stereocenters. The van der Waals surface area contributed by atoms with Gasteiger partial charge >= 0.3 is 5.97 Å². The molecule has 0 saturated carbocycles. The van der Waals surface area contributed by atoms with E-state index in [0.717, 1.165) is 38.9 Å². The van der Waals surface area contributed by atoms with Crippen molar-refractivity contribution in [2.75, 3.05) is 0 Å². The number of pyridine rings is 1. The average Bonchev–Trinajstić information content (AvgIpc) is 3.56. The lowest BCUT2D eigenvalue weighted by Gasteiger charge is -2.37. The van der Waals surface area contributed by atoms with E-state index < -0.39 is 17.6 Å². The fourth-order valence-electron chi connectivity index (χ4n) is 5.80. The number of hydrogen-bond acceptors (Lipinski definition) is 5. The van der Waals surface area contributed by atoms with Crippen LogP contribution >= 0.6 is 0 Å². The van der Waals surface area contributed by atoms with Gasteiger partial charge in [0.05, 0.1) is 18.2 Å². The van der Waals surface area contributed by atoms with E-state index >= 15 is 0 Å². The first-order valence-corrected chi connectivity index (χ1v) is 16.0. The third kappa shape index (κ3) is 8.85. The Bertz CT molecular complexity index is 1850. The van der Waals surface area contributed by atoms with E-state index in [0.29, 0.717) is 13.0 Å². The number of H-pyrrole nitrogens is 1. The van der Waals surface area contributed by atoms with Crippen molar-refractivity contribution < 1.29 is 19.5 Å². The average molecular weight is 654 g/mol. The van der Waals surface area contributed by atoms with Crippen molar-refractivity contribution >= 4 is 28.7 Å². The standard InChI is InChI=1S/C23H21NO3.C17H18N4O/c25-21(16-17-22(26)27)24-23(18-10-4-1-5-11-18,19-12-6-2-7-13-19)20-14-8-3-9-15-20;18-17(22)16(21-11-13-5-3-4-8-19-13)9-12-10-20-15-7-2-1-6-14(12)15/h1-15H,16-17H2,(H,24,25)(H,26,27);1-8,10,16,20-21H,9,11H2,(H2,18,22). The largest absolute Gasteiger partial charge is 0.481 e. The van der Waals surface area contributed by atoms with Crippen molar-refractivity contribution in [1.82, 2.24) is 20.6 Å². The maximum absolute atomic E-state index is 12.7. The van der Waals surface area contributed by atoms with E-state index in [1.165, 1.54) is 0 Å². The normalized spacial score (nSPS) is 11.6. The second-order valence-electron chi connectivity index (χ2n) is 11.5. The van der Waals surface area contributed by atoms with Crippen LogP contribution in [0.4, 0.5) is 0 Å². The van der Waals surface area contributed by atoms with E-state index in [2.05, 4.69) is 20.6 Å². The highest BCUT2D eigenvalue weighted by Crippen LogP contribution is 2.36. The molecule has 49 heavy (non-hydrogen) atoms. The second-order valence-corrected chi connectivity index (χ2v) is 11.5. The van der Waals surface area contributed by atoms with Crippen molar-refractivity contribution in [3.63, 3.8) is 0 Å². The molecule has 0 saturated heterocycles. The smallest absolute Gasteiger partial charge is 0.303 e. The van der Waals surface area contributed by atoms with Gasteiger partial charge in [0.1, 0.15) is 5.54 Å². The second kappa shape index (κ2) is 16.7. The number of carboxylic acids is 1. The highest BCUT2D eigenvalue weighted by Gasteiger charge is 2.37. The lowest BCUT2D eigenvalue weighted by Crippen LogP contribution is -2.47. The van der Waals surface area contributed by atoms with E-state index in [4.69, 9.17) is 10.8 Å². The van der Waals surface area contributed by atoms with Gasteiger partial charge in [-0.15, -0.1) is 0 Å². The quantitative estimate of drug-likeness (QED) is 0.101. The number of nitrogens with one attached hydrogen (secondary N) is 3. The summed E-state index contributed by atoms with van der Waals surface area (Å²) >= 11 is 0. The number of carboxylic acid groups (broad SMARTS) is 1. The zero-order valence-corrected chi connectivity index (χ0v) is 27.0. The Morgan fingerprint density at radius 1 is 0.735 bits per heavy atom. The van der Waals surface area contributed by atoms with Crippen LogP contribution in [0, 0.1) is 0 Å². The molecule has 0 radical (unpaired) electrons. The van der Waals surface area contributed by atoms with Crippen molar-refractivity contribution in [3.05, 3.63) is 174 Å². The first kappa shape index (κ1) is 34.3. The molecule has 0 aliphatic heterocycles. The number of fused-ring (bicyclic) bond motifs is 1. The van der Waals surface area contributed by atoms with Gasteiger partial charge in [0.2, 0.25) is 11.8 Å². The summed E-state index contributed by atoms with van der Waals surface area (Å²) in [4.78, 5) is 42.8. The van der Waals surface area contributed by atoms with Crippen LogP contribution < -0.4 is 16.4 Å². The van der Waals surface area contributed by atoms with Gasteiger partial charge in [0, 0.05) is 36.3 Å². The van der Waals surface area contributed by atoms with Gasteiger partial charge in [-0.1, -0.05) is 115 Å². The summed E-state index contributed by atoms with van der Waals surface area (Å²) in [6.45, 7) is 0.511. The molecule has 2 aromatic heterocycles. The molecule has 4 aromatic carbocycles. The molecule has 6 rings (SSSR count). The number of carbonyl (C=O) groups is 3. The zero-order valence-electron chi connectivity index (χ0n) is 27.0. The fraction of sp³-hybridized carbons (Fsp3) is 0.150. The molecule has 2 amide bonds. The Balaban J connectivity index is 0.000000195. The van der Waals surface area contributed by atoms with E-state index in [1.54, 1.807) is 6.20 Å². The fourth-order valence-corrected chi connectivity index (χ4v) is 5.80. The molecule has 6 aromatic rings. The topological polar surface area (TPSA) is 150 Å². The van der Waals surface area contributed by atoms with Crippen LogP contribution in [0.15, 0.2) is 146 Å². The first-order chi connectivity index (χ1) is 23.9. The minimum atomic E-state index is -0.991. The minimum absolute atomic E-state index is 0.0798. The molecule has 9 nitrogen and oxygen atoms in total. The summed E-state index contributed by atoms with van der Waals surface area (Å²) in [5, 5.41) is 16.4. The SMILES string of the molecule is NC(=O)C(Cc1c[nH]c2ccccc12)NCc1ccccn1.O=C(O)CCC(=O)NC(c1ccccc1)(c1ccccc1)c1ccccc1. The number of nitrogens with two attached hydrogens (primary N) is 1. The van der Waals surface area contributed by atoms with Crippen molar-refractivity contribution in [3.8, 4) is 0 Å². The molecule has 0 aliphatic carbocycles. The van der Waals surface area contributed by atoms with Crippen molar-refractivity contribution in [2.24, 2.45) is 5.73 Å². The Kier molecular flexibility index (Phi) is 11.7. The van der Waals surface area contributed by atoms with Crippen molar-refractivity contribution in [1.29, 1.82) is 0 Å². The Hall–Kier alpha value is -6.06. The molecule has 0 fully saturated rings. The molecule has 2 heterocycles. The van der Waals surface area contributed by atoms with Crippen LogP contribution in [0.25, 0.3) is 10.9 Å². The van der Waals surface area contributed by atoms with Gasteiger partial charge in [0.15, 0.2) is 0 Å². The first-order valence-electron chi connectivity index (χ1n) is 16.0. The number of para-hydroxylation sites is 1. The van der Waals surface area contributed by atoms with E-state index in [1.807, 2.05) is 140 Å². The predicted octanol–water partition coefficient (Wildman–Crippen LogP) is 5.71. The molecule has 0 aliphatic rings. The third-order valence-corrected chi connectivity index (χ3v) is 8.21. The van der Waals surface area contributed by atoms with Crippen LogP contribution in [-0.2, 0) is 32.9 Å². The maximum atomic E-state index is 12.7. The summed E-state index contributed by atoms with van der Waals surface area (Å²) < 4.78 is 0. The molecule has 0 spiro atoms. The molecule has 248 valence electrons. The van der Waals surface area contributed by atoms with Gasteiger partial charge in [-0.3, -0.25) is 24.7 Å². The molecule has 6 N–H and O–H groups in total. The van der Waals surface area contributed by atoms with Gasteiger partial charge in [0.25, 0.3) is 0 Å².